The van der Waals surface area contributed by atoms with Crippen LogP contribution in [0.1, 0.15) is 58.3 Å². The number of hydrogen-bond donors (Lipinski definition) is 0. The minimum atomic E-state index is 0. The van der Waals surface area contributed by atoms with Gasteiger partial charge in [-0.2, -0.15) is 0 Å². The van der Waals surface area contributed by atoms with Gasteiger partial charge in [-0.05, 0) is 6.42 Å². The first-order valence-electron chi connectivity index (χ1n) is 5.62. The molecule has 0 aliphatic rings. The van der Waals surface area contributed by atoms with Crippen molar-refractivity contribution < 1.29 is 16.5 Å². The van der Waals surface area contributed by atoms with Gasteiger partial charge in [0, 0.05) is 23.0 Å². The Labute approximate surface area is 103 Å². The maximum Gasteiger partial charge on any atom is 0.0393 e. The topological polar surface area (TPSA) is 59.4 Å². The number of rotatable bonds is 10. The van der Waals surface area contributed by atoms with Crippen molar-refractivity contribution in [1.82, 2.24) is 0 Å². The van der Waals surface area contributed by atoms with E-state index in [1.54, 1.807) is 0 Å². The van der Waals surface area contributed by atoms with Gasteiger partial charge in [0.1, 0.15) is 0 Å². The van der Waals surface area contributed by atoms with Crippen LogP contribution in [0.4, 0.5) is 0 Å². The molecule has 0 aromatic carbocycles. The maximum atomic E-state index is 7.95. The molecule has 5 heteroatoms. The summed E-state index contributed by atoms with van der Waals surface area (Å²) in [4.78, 5) is 0. The summed E-state index contributed by atoms with van der Waals surface area (Å²) in [7, 11) is 0. The molecule has 15 heavy (non-hydrogen) atoms. The molecule has 0 heterocycles. The zero-order valence-electron chi connectivity index (χ0n) is 9.47. The van der Waals surface area contributed by atoms with Gasteiger partial charge in [0.15, 0.2) is 0 Å². The summed E-state index contributed by atoms with van der Waals surface area (Å²) in [6.45, 7) is 2.91. The van der Waals surface area contributed by atoms with Gasteiger partial charge in [-0.3, -0.25) is 15.6 Å². The average Bonchev–Trinajstić information content (AvgIpc) is 2.21. The molecule has 0 aliphatic heterocycles. The van der Waals surface area contributed by atoms with E-state index in [1.165, 1.54) is 44.9 Å². The maximum absolute atomic E-state index is 7.95. The summed E-state index contributed by atoms with van der Waals surface area (Å²) < 4.78 is 0. The van der Waals surface area contributed by atoms with Crippen molar-refractivity contribution in [3.8, 4) is 0 Å². The van der Waals surface area contributed by atoms with E-state index in [-0.39, 0.29) is 16.5 Å². The van der Waals surface area contributed by atoms with Crippen molar-refractivity contribution in [2.45, 2.75) is 58.3 Å². The third kappa shape index (κ3) is 16.4. The van der Waals surface area contributed by atoms with Crippen molar-refractivity contribution in [2.75, 3.05) is 6.54 Å². The molecule has 0 unspecified atom stereocenters. The Morgan fingerprint density at radius 2 is 1.40 bits per heavy atom. The van der Waals surface area contributed by atoms with Crippen molar-refractivity contribution in [3.05, 3.63) is 5.53 Å². The predicted octanol–water partition coefficient (Wildman–Crippen LogP) is 4.51. The van der Waals surface area contributed by atoms with Crippen LogP contribution in [0.5, 0.6) is 0 Å². The summed E-state index contributed by atoms with van der Waals surface area (Å²) in [5, 5.41) is 9.34. The van der Waals surface area contributed by atoms with Crippen LogP contribution in [0.25, 0.3) is 5.53 Å². The van der Waals surface area contributed by atoms with Gasteiger partial charge in [-0.25, -0.2) is 0 Å². The van der Waals surface area contributed by atoms with Crippen LogP contribution in [0.3, 0.4) is 0 Å². The SMILES string of the molecule is CCCCCCCCCCN=NN=[N-].[Ni]. The smallest absolute Gasteiger partial charge is 0.0393 e. The molecule has 4 nitrogen and oxygen atoms in total. The van der Waals surface area contributed by atoms with Crippen LogP contribution in [-0.4, -0.2) is 6.54 Å². The Hall–Kier alpha value is -0.306. The van der Waals surface area contributed by atoms with E-state index in [1.807, 2.05) is 0 Å². The van der Waals surface area contributed by atoms with E-state index in [9.17, 15) is 0 Å². The van der Waals surface area contributed by atoms with Crippen LogP contribution in [0.2, 0.25) is 0 Å². The average molecular weight is 256 g/mol. The fourth-order valence-corrected chi connectivity index (χ4v) is 1.39. The minimum absolute atomic E-state index is 0. The van der Waals surface area contributed by atoms with Gasteiger partial charge in [-0.1, -0.05) is 51.9 Å². The van der Waals surface area contributed by atoms with E-state index < -0.39 is 0 Å². The third-order valence-corrected chi connectivity index (χ3v) is 2.21. The van der Waals surface area contributed by atoms with E-state index >= 15 is 0 Å². The zero-order chi connectivity index (χ0) is 10.5. The Kier molecular flexibility index (Phi) is 18.4. The molecule has 0 spiro atoms. The molecule has 0 aromatic heterocycles. The molecule has 0 N–H and O–H groups in total. The normalized spacial score (nSPS) is 10.2. The standard InChI is InChI=1S/C10H21N4.Ni/c1-2-3-4-5-6-7-8-9-10-12-14-13-11;/h2-10H2,1H3;/q-1;. The van der Waals surface area contributed by atoms with Gasteiger partial charge in [0.05, 0.1) is 0 Å². The molecule has 0 rings (SSSR count). The molecular weight excluding hydrogens is 235 g/mol. The molecule has 0 aliphatic carbocycles. The van der Waals surface area contributed by atoms with E-state index in [2.05, 4.69) is 22.5 Å². The number of hydrogen-bond acceptors (Lipinski definition) is 1. The van der Waals surface area contributed by atoms with Crippen molar-refractivity contribution in [3.63, 3.8) is 0 Å². The summed E-state index contributed by atoms with van der Waals surface area (Å²) in [5.74, 6) is 0. The van der Waals surface area contributed by atoms with Crippen molar-refractivity contribution in [1.29, 1.82) is 0 Å². The monoisotopic (exact) mass is 255 g/mol. The van der Waals surface area contributed by atoms with Crippen LogP contribution in [0, 0.1) is 0 Å². The number of unbranched alkanes of at least 4 members (excludes halogenated alkanes) is 7. The van der Waals surface area contributed by atoms with Gasteiger partial charge in [-0.15, -0.1) is 0 Å². The first-order chi connectivity index (χ1) is 6.91. The fourth-order valence-electron chi connectivity index (χ4n) is 1.39. The third-order valence-electron chi connectivity index (χ3n) is 2.21. The number of nitrogens with zero attached hydrogens (tertiary/aromatic N) is 4. The molecule has 0 atom stereocenters. The summed E-state index contributed by atoms with van der Waals surface area (Å²) in [6, 6.07) is 0. The second kappa shape index (κ2) is 16.1. The molecule has 0 fully saturated rings. The molecular formula is C10H21N4Ni-. The second-order valence-electron chi connectivity index (χ2n) is 3.52. The predicted molar refractivity (Wildman–Crippen MR) is 58.1 cm³/mol. The minimum Gasteiger partial charge on any atom is -0.360 e. The summed E-state index contributed by atoms with van der Waals surface area (Å²) in [6.07, 6.45) is 10.3. The second-order valence-corrected chi connectivity index (χ2v) is 3.52. The van der Waals surface area contributed by atoms with Crippen molar-refractivity contribution in [2.24, 2.45) is 15.6 Å². The quantitative estimate of drug-likeness (QED) is 0.239. The van der Waals surface area contributed by atoms with E-state index in [0.29, 0.717) is 6.54 Å². The molecule has 0 amide bonds. The molecule has 92 valence electrons. The van der Waals surface area contributed by atoms with Gasteiger partial charge in [0.25, 0.3) is 0 Å². The van der Waals surface area contributed by atoms with E-state index in [0.717, 1.165) is 6.42 Å². The van der Waals surface area contributed by atoms with Crippen LogP contribution in [-0.2, 0) is 16.5 Å². The molecule has 0 bridgehead atoms. The molecule has 0 radical (unpaired) electrons. The summed E-state index contributed by atoms with van der Waals surface area (Å²) in [5.41, 5.74) is 7.95. The van der Waals surface area contributed by atoms with Crippen molar-refractivity contribution >= 4 is 0 Å². The first-order valence-corrected chi connectivity index (χ1v) is 5.62. The summed E-state index contributed by atoms with van der Waals surface area (Å²) >= 11 is 0. The Morgan fingerprint density at radius 1 is 0.867 bits per heavy atom. The Balaban J connectivity index is 0. The Bertz CT molecular complexity index is 150. The zero-order valence-corrected chi connectivity index (χ0v) is 10.5. The van der Waals surface area contributed by atoms with E-state index in [4.69, 9.17) is 5.53 Å². The largest absolute Gasteiger partial charge is 0.360 e. The van der Waals surface area contributed by atoms with Crippen LogP contribution < -0.4 is 0 Å². The van der Waals surface area contributed by atoms with Gasteiger partial charge in [0.2, 0.25) is 0 Å². The fraction of sp³-hybridized carbons (Fsp3) is 1.00. The molecule has 0 saturated heterocycles. The van der Waals surface area contributed by atoms with Gasteiger partial charge >= 0.3 is 0 Å². The first kappa shape index (κ1) is 17.1. The van der Waals surface area contributed by atoms with Gasteiger partial charge < -0.3 is 5.53 Å². The van der Waals surface area contributed by atoms with Crippen LogP contribution in [0.15, 0.2) is 15.6 Å². The van der Waals surface area contributed by atoms with Crippen LogP contribution >= 0.6 is 0 Å². The Morgan fingerprint density at radius 3 is 1.93 bits per heavy atom. The molecule has 0 saturated carbocycles. The molecule has 0 aromatic rings.